The summed E-state index contributed by atoms with van der Waals surface area (Å²) in [4.78, 5) is 7.52. The molecule has 0 bridgehead atoms. The van der Waals surface area contributed by atoms with E-state index < -0.39 is 0 Å². The fourth-order valence-electron chi connectivity index (χ4n) is 8.10. The molecule has 2 heteroatoms. The van der Waals surface area contributed by atoms with Crippen LogP contribution in [0.5, 0.6) is 0 Å². The van der Waals surface area contributed by atoms with Crippen molar-refractivity contribution in [3.63, 3.8) is 0 Å². The lowest BCUT2D eigenvalue weighted by Gasteiger charge is -2.21. The third-order valence-corrected chi connectivity index (χ3v) is 10.5. The molecule has 2 aromatic heterocycles. The predicted octanol–water partition coefficient (Wildman–Crippen LogP) is 12.3. The maximum atomic E-state index is 3.79. The van der Waals surface area contributed by atoms with Gasteiger partial charge in [-0.15, -0.1) is 0 Å². The maximum Gasteiger partial charge on any atom is 0.0544 e. The van der Waals surface area contributed by atoms with Gasteiger partial charge in [0.05, 0.1) is 5.52 Å². The van der Waals surface area contributed by atoms with Crippen LogP contribution in [-0.4, -0.2) is 9.97 Å². The van der Waals surface area contributed by atoms with Gasteiger partial charge in [0.25, 0.3) is 0 Å². The Kier molecular flexibility index (Phi) is 5.37. The summed E-state index contributed by atoms with van der Waals surface area (Å²) in [6, 6.07) is 53.5. The molecule has 0 fully saturated rings. The molecule has 0 spiro atoms. The third kappa shape index (κ3) is 3.85. The molecule has 2 N–H and O–H groups in total. The summed E-state index contributed by atoms with van der Waals surface area (Å²) in [5, 5.41) is 5.02. The van der Waals surface area contributed by atoms with Gasteiger partial charge in [-0.1, -0.05) is 111 Å². The molecule has 1 aliphatic carbocycles. The van der Waals surface area contributed by atoms with E-state index in [1.165, 1.54) is 93.7 Å². The number of rotatable bonds is 3. The first kappa shape index (κ1) is 26.4. The van der Waals surface area contributed by atoms with E-state index in [1.54, 1.807) is 0 Å². The summed E-state index contributed by atoms with van der Waals surface area (Å²) in [5.41, 5.74) is 17.5. The minimum Gasteiger partial charge on any atom is -0.355 e. The maximum absolute atomic E-state index is 3.79. The number of hydrogen-bond acceptors (Lipinski definition) is 0. The molecule has 2 heterocycles. The first-order valence-electron chi connectivity index (χ1n) is 16.4. The van der Waals surface area contributed by atoms with E-state index in [4.69, 9.17) is 0 Å². The van der Waals surface area contributed by atoms with Crippen LogP contribution in [0, 0.1) is 0 Å². The molecule has 0 saturated carbocycles. The Labute approximate surface area is 273 Å². The van der Waals surface area contributed by atoms with Gasteiger partial charge in [0.2, 0.25) is 0 Å². The van der Waals surface area contributed by atoms with Crippen LogP contribution in [0.2, 0.25) is 0 Å². The summed E-state index contributed by atoms with van der Waals surface area (Å²) in [7, 11) is 0. The molecule has 7 aromatic carbocycles. The molecule has 2 nitrogen and oxygen atoms in total. The lowest BCUT2D eigenvalue weighted by atomic mass is 9.82. The summed E-state index contributed by atoms with van der Waals surface area (Å²) in [6.07, 6.45) is 0. The SMILES string of the molecule is CC1(C)c2ccccc2-c2cc3c(cc21)[nH]c1ccc(-c2ccc4[nH]c5c(-c6ccccc6)cc(-c6ccccc6)cc5c4c2)cc13. The van der Waals surface area contributed by atoms with E-state index in [1.807, 2.05) is 0 Å². The van der Waals surface area contributed by atoms with Crippen LogP contribution in [0.3, 0.4) is 0 Å². The first-order chi connectivity index (χ1) is 23.0. The molecular formula is C45H32N2. The van der Waals surface area contributed by atoms with Gasteiger partial charge in [-0.2, -0.15) is 0 Å². The van der Waals surface area contributed by atoms with Crippen molar-refractivity contribution < 1.29 is 0 Å². The third-order valence-electron chi connectivity index (χ3n) is 10.5. The minimum absolute atomic E-state index is 0.0158. The average Bonchev–Trinajstić information content (AvgIpc) is 3.74. The number of aromatic amines is 2. The highest BCUT2D eigenvalue weighted by Crippen LogP contribution is 2.50. The van der Waals surface area contributed by atoms with Gasteiger partial charge in [-0.05, 0) is 98.6 Å². The van der Waals surface area contributed by atoms with Gasteiger partial charge in [0.15, 0.2) is 0 Å². The molecule has 0 aliphatic heterocycles. The van der Waals surface area contributed by atoms with Crippen molar-refractivity contribution in [2.75, 3.05) is 0 Å². The highest BCUT2D eigenvalue weighted by molar-refractivity contribution is 6.15. The highest BCUT2D eigenvalue weighted by atomic mass is 14.7. The number of nitrogens with one attached hydrogen (secondary N) is 2. The van der Waals surface area contributed by atoms with Crippen molar-refractivity contribution in [1.82, 2.24) is 9.97 Å². The Morgan fingerprint density at radius 2 is 0.957 bits per heavy atom. The van der Waals surface area contributed by atoms with E-state index in [-0.39, 0.29) is 5.41 Å². The second-order valence-electron chi connectivity index (χ2n) is 13.6. The fraction of sp³-hybridized carbons (Fsp3) is 0.0667. The summed E-state index contributed by atoms with van der Waals surface area (Å²) in [6.45, 7) is 4.69. The Morgan fingerprint density at radius 3 is 1.70 bits per heavy atom. The highest BCUT2D eigenvalue weighted by Gasteiger charge is 2.35. The van der Waals surface area contributed by atoms with Gasteiger partial charge >= 0.3 is 0 Å². The van der Waals surface area contributed by atoms with Gasteiger partial charge in [0.1, 0.15) is 0 Å². The quantitative estimate of drug-likeness (QED) is 0.202. The first-order valence-corrected chi connectivity index (χ1v) is 16.4. The molecule has 222 valence electrons. The Bertz CT molecular complexity index is 2690. The number of fused-ring (bicyclic) bond motifs is 9. The molecule has 0 amide bonds. The molecule has 10 rings (SSSR count). The van der Waals surface area contributed by atoms with Crippen LogP contribution in [0.4, 0.5) is 0 Å². The standard InChI is InChI=1S/C45H32N2/c1-45(2)39-16-10-9-15-32(39)34-25-37-35-21-29(17-19-41(35)46-43(37)26-40(34)45)30-18-20-42-36(22-30)38-24-31(27-11-5-3-6-12-27)23-33(44(38)47-42)28-13-7-4-8-14-28/h3-26,46-47H,1-2H3. The average molecular weight is 601 g/mol. The van der Waals surface area contributed by atoms with Crippen LogP contribution in [0.25, 0.3) is 88.1 Å². The largest absolute Gasteiger partial charge is 0.355 e. The molecule has 1 aliphatic rings. The molecular weight excluding hydrogens is 569 g/mol. The number of H-pyrrole nitrogens is 2. The number of benzene rings is 7. The van der Waals surface area contributed by atoms with Crippen LogP contribution in [0.15, 0.2) is 146 Å². The summed E-state index contributed by atoms with van der Waals surface area (Å²) in [5.74, 6) is 0. The molecule has 9 aromatic rings. The van der Waals surface area contributed by atoms with Crippen molar-refractivity contribution in [3.8, 4) is 44.5 Å². The van der Waals surface area contributed by atoms with Crippen molar-refractivity contribution in [1.29, 1.82) is 0 Å². The minimum atomic E-state index is -0.0158. The van der Waals surface area contributed by atoms with Gasteiger partial charge < -0.3 is 9.97 Å². The Balaban J connectivity index is 1.16. The van der Waals surface area contributed by atoms with Crippen molar-refractivity contribution in [2.45, 2.75) is 19.3 Å². The van der Waals surface area contributed by atoms with Crippen molar-refractivity contribution in [3.05, 3.63) is 157 Å². The fourth-order valence-corrected chi connectivity index (χ4v) is 8.10. The van der Waals surface area contributed by atoms with E-state index >= 15 is 0 Å². The molecule has 0 radical (unpaired) electrons. The molecule has 47 heavy (non-hydrogen) atoms. The lowest BCUT2D eigenvalue weighted by Crippen LogP contribution is -2.14. The van der Waals surface area contributed by atoms with Gasteiger partial charge in [-0.3, -0.25) is 0 Å². The normalized spacial score (nSPS) is 13.5. The Morgan fingerprint density at radius 1 is 0.362 bits per heavy atom. The second kappa shape index (κ2) is 9.57. The van der Waals surface area contributed by atoms with Gasteiger partial charge in [0, 0.05) is 49.1 Å². The summed E-state index contributed by atoms with van der Waals surface area (Å²) >= 11 is 0. The zero-order chi connectivity index (χ0) is 31.3. The monoisotopic (exact) mass is 600 g/mol. The smallest absolute Gasteiger partial charge is 0.0544 e. The Hall–Kier alpha value is -5.86. The zero-order valence-corrected chi connectivity index (χ0v) is 26.4. The molecule has 0 unspecified atom stereocenters. The lowest BCUT2D eigenvalue weighted by molar-refractivity contribution is 0.661. The van der Waals surface area contributed by atoms with Crippen LogP contribution >= 0.6 is 0 Å². The van der Waals surface area contributed by atoms with Gasteiger partial charge in [-0.25, -0.2) is 0 Å². The molecule has 0 atom stereocenters. The van der Waals surface area contributed by atoms with E-state index in [9.17, 15) is 0 Å². The van der Waals surface area contributed by atoms with E-state index in [0.29, 0.717) is 0 Å². The van der Waals surface area contributed by atoms with E-state index in [2.05, 4.69) is 169 Å². The van der Waals surface area contributed by atoms with Crippen LogP contribution < -0.4 is 0 Å². The predicted molar refractivity (Wildman–Crippen MR) is 199 cm³/mol. The zero-order valence-electron chi connectivity index (χ0n) is 26.4. The van der Waals surface area contributed by atoms with E-state index in [0.717, 1.165) is 5.52 Å². The number of aromatic nitrogens is 2. The summed E-state index contributed by atoms with van der Waals surface area (Å²) < 4.78 is 0. The molecule has 0 saturated heterocycles. The van der Waals surface area contributed by atoms with Crippen molar-refractivity contribution >= 4 is 43.6 Å². The van der Waals surface area contributed by atoms with Crippen molar-refractivity contribution in [2.24, 2.45) is 0 Å². The number of hydrogen-bond donors (Lipinski definition) is 2. The topological polar surface area (TPSA) is 31.6 Å². The second-order valence-corrected chi connectivity index (χ2v) is 13.6. The van der Waals surface area contributed by atoms with Crippen LogP contribution in [-0.2, 0) is 5.41 Å². The van der Waals surface area contributed by atoms with Crippen LogP contribution in [0.1, 0.15) is 25.0 Å².